The maximum absolute atomic E-state index is 11.9. The molecule has 4 nitrogen and oxygen atoms in total. The molecule has 0 radical (unpaired) electrons. The van der Waals surface area contributed by atoms with E-state index in [9.17, 15) is 8.42 Å². The molecule has 0 aromatic heterocycles. The maximum atomic E-state index is 11.9. The van der Waals surface area contributed by atoms with Crippen LogP contribution in [0.2, 0.25) is 0 Å². The molecule has 1 fully saturated rings. The van der Waals surface area contributed by atoms with Gasteiger partial charge in [-0.05, 0) is 36.8 Å². The molecule has 1 saturated heterocycles. The number of rotatable bonds is 6. The van der Waals surface area contributed by atoms with Crippen LogP contribution in [0.1, 0.15) is 36.3 Å². The average molecular weight is 359 g/mol. The van der Waals surface area contributed by atoms with Crippen molar-refractivity contribution in [3.05, 3.63) is 60.7 Å². The molecule has 0 N–H and O–H groups in total. The largest absolute Gasteiger partial charge is 0.358 e. The van der Waals surface area contributed by atoms with Gasteiger partial charge in [-0.1, -0.05) is 36.4 Å². The van der Waals surface area contributed by atoms with Crippen molar-refractivity contribution in [2.24, 2.45) is 10.3 Å². The third kappa shape index (κ3) is 4.21. The summed E-state index contributed by atoms with van der Waals surface area (Å²) >= 11 is 0. The smallest absolute Gasteiger partial charge is 0.256 e. The summed E-state index contributed by atoms with van der Waals surface area (Å²) in [6.07, 6.45) is 7.79. The highest BCUT2D eigenvalue weighted by atomic mass is 32.2. The van der Waals surface area contributed by atoms with Crippen molar-refractivity contribution in [3.63, 3.8) is 0 Å². The molecule has 1 unspecified atom stereocenters. The van der Waals surface area contributed by atoms with E-state index in [0.29, 0.717) is 6.54 Å². The number of sulfonamides is 1. The second kappa shape index (κ2) is 7.56. The van der Waals surface area contributed by atoms with Crippen LogP contribution in [-0.2, 0) is 16.4 Å². The molecule has 2 heterocycles. The second-order valence-electron chi connectivity index (χ2n) is 6.84. The van der Waals surface area contributed by atoms with E-state index in [4.69, 9.17) is 0 Å². The van der Waals surface area contributed by atoms with Crippen molar-refractivity contribution < 1.29 is 8.42 Å². The van der Waals surface area contributed by atoms with Gasteiger partial charge in [-0.3, -0.25) is 0 Å². The SMILES string of the molecule is C=CC(C=C)c1ccc(CCC2CCCN3CCS(=O)(=O)N=C23)cc1. The zero-order chi connectivity index (χ0) is 17.9. The van der Waals surface area contributed by atoms with Gasteiger partial charge in [0, 0.05) is 24.9 Å². The maximum Gasteiger partial charge on any atom is 0.256 e. The van der Waals surface area contributed by atoms with Gasteiger partial charge in [-0.15, -0.1) is 13.2 Å². The van der Waals surface area contributed by atoms with Crippen LogP contribution in [0.5, 0.6) is 0 Å². The molecule has 0 amide bonds. The van der Waals surface area contributed by atoms with Crippen LogP contribution < -0.4 is 0 Å². The Hall–Kier alpha value is -1.88. The van der Waals surface area contributed by atoms with Gasteiger partial charge in [0.15, 0.2) is 0 Å². The number of nitrogens with zero attached hydrogens (tertiary/aromatic N) is 2. The molecule has 3 rings (SSSR count). The number of hydrogen-bond acceptors (Lipinski definition) is 3. The zero-order valence-corrected chi connectivity index (χ0v) is 15.4. The first-order valence-electron chi connectivity index (χ1n) is 8.94. The molecule has 2 aliphatic heterocycles. The van der Waals surface area contributed by atoms with Crippen molar-refractivity contribution >= 4 is 15.9 Å². The number of piperidine rings is 1. The van der Waals surface area contributed by atoms with Crippen molar-refractivity contribution in [1.82, 2.24) is 4.90 Å². The highest BCUT2D eigenvalue weighted by Crippen LogP contribution is 2.27. The van der Waals surface area contributed by atoms with E-state index in [-0.39, 0.29) is 17.6 Å². The van der Waals surface area contributed by atoms with E-state index in [2.05, 4.69) is 46.7 Å². The van der Waals surface area contributed by atoms with E-state index in [0.717, 1.165) is 38.1 Å². The third-order valence-corrected chi connectivity index (χ3v) is 6.34. The normalized spacial score (nSPS) is 22.2. The van der Waals surface area contributed by atoms with E-state index in [1.807, 2.05) is 12.2 Å². The monoisotopic (exact) mass is 358 g/mol. The Morgan fingerprint density at radius 1 is 1.20 bits per heavy atom. The van der Waals surface area contributed by atoms with Gasteiger partial charge in [0.2, 0.25) is 0 Å². The van der Waals surface area contributed by atoms with Gasteiger partial charge in [0.25, 0.3) is 10.0 Å². The van der Waals surface area contributed by atoms with Crippen LogP contribution in [-0.4, -0.2) is 38.0 Å². The van der Waals surface area contributed by atoms with E-state index >= 15 is 0 Å². The molecule has 0 bridgehead atoms. The summed E-state index contributed by atoms with van der Waals surface area (Å²) in [7, 11) is -3.26. The summed E-state index contributed by atoms with van der Waals surface area (Å²) in [5.74, 6) is 1.38. The number of allylic oxidation sites excluding steroid dienone is 2. The van der Waals surface area contributed by atoms with Crippen molar-refractivity contribution in [1.29, 1.82) is 0 Å². The Labute approximate surface area is 151 Å². The summed E-state index contributed by atoms with van der Waals surface area (Å²) in [5, 5.41) is 0. The van der Waals surface area contributed by atoms with Crippen LogP contribution in [0.3, 0.4) is 0 Å². The molecule has 2 aliphatic rings. The standard InChI is InChI=1S/C20H26N2O2S/c1-3-17(4-2)18-10-7-16(8-11-18)9-12-19-6-5-13-22-14-15-25(23,24)21-20(19)22/h3-4,7-8,10-11,17,19H,1-2,5-6,9,12-15H2. The van der Waals surface area contributed by atoms with E-state index in [1.165, 1.54) is 11.1 Å². The highest BCUT2D eigenvalue weighted by Gasteiger charge is 2.32. The molecule has 1 atom stereocenters. The number of amidine groups is 1. The van der Waals surface area contributed by atoms with Crippen LogP contribution in [0.25, 0.3) is 0 Å². The Kier molecular flexibility index (Phi) is 5.42. The number of aryl methyl sites for hydroxylation is 1. The lowest BCUT2D eigenvalue weighted by atomic mass is 9.89. The highest BCUT2D eigenvalue weighted by molar-refractivity contribution is 7.90. The van der Waals surface area contributed by atoms with Crippen LogP contribution in [0.4, 0.5) is 0 Å². The second-order valence-corrected chi connectivity index (χ2v) is 8.59. The average Bonchev–Trinajstić information content (AvgIpc) is 2.61. The number of hydrogen-bond donors (Lipinski definition) is 0. The fourth-order valence-electron chi connectivity index (χ4n) is 3.69. The van der Waals surface area contributed by atoms with Crippen molar-refractivity contribution in [2.75, 3.05) is 18.8 Å². The molecule has 0 aliphatic carbocycles. The Bertz CT molecular complexity index is 757. The van der Waals surface area contributed by atoms with E-state index in [1.54, 1.807) is 0 Å². The Morgan fingerprint density at radius 3 is 2.60 bits per heavy atom. The minimum atomic E-state index is -3.26. The van der Waals surface area contributed by atoms with Gasteiger partial charge in [-0.25, -0.2) is 8.42 Å². The first-order chi connectivity index (χ1) is 12.0. The molecule has 1 aromatic rings. The first kappa shape index (κ1) is 17.9. The van der Waals surface area contributed by atoms with Gasteiger partial charge in [0.05, 0.1) is 5.75 Å². The molecule has 1 aromatic carbocycles. The number of benzene rings is 1. The van der Waals surface area contributed by atoms with Crippen LogP contribution in [0.15, 0.2) is 54.0 Å². The lowest BCUT2D eigenvalue weighted by molar-refractivity contribution is 0.330. The fourth-order valence-corrected chi connectivity index (χ4v) is 4.78. The topological polar surface area (TPSA) is 49.7 Å². The molecular weight excluding hydrogens is 332 g/mol. The fraction of sp³-hybridized carbons (Fsp3) is 0.450. The number of fused-ring (bicyclic) bond motifs is 1. The van der Waals surface area contributed by atoms with E-state index < -0.39 is 10.0 Å². The predicted octanol–water partition coefficient (Wildman–Crippen LogP) is 3.53. The molecular formula is C20H26N2O2S. The lowest BCUT2D eigenvalue weighted by Gasteiger charge is -2.37. The van der Waals surface area contributed by atoms with Gasteiger partial charge < -0.3 is 4.90 Å². The first-order valence-corrected chi connectivity index (χ1v) is 10.5. The Morgan fingerprint density at radius 2 is 1.92 bits per heavy atom. The lowest BCUT2D eigenvalue weighted by Crippen LogP contribution is -2.47. The zero-order valence-electron chi connectivity index (χ0n) is 14.6. The summed E-state index contributed by atoms with van der Waals surface area (Å²) < 4.78 is 27.8. The van der Waals surface area contributed by atoms with Crippen molar-refractivity contribution in [2.45, 2.75) is 31.6 Å². The van der Waals surface area contributed by atoms with Gasteiger partial charge in [0.1, 0.15) is 5.84 Å². The quantitative estimate of drug-likeness (QED) is 0.731. The summed E-state index contributed by atoms with van der Waals surface area (Å²) in [5.41, 5.74) is 2.47. The molecule has 0 spiro atoms. The summed E-state index contributed by atoms with van der Waals surface area (Å²) in [6, 6.07) is 8.54. The molecule has 5 heteroatoms. The summed E-state index contributed by atoms with van der Waals surface area (Å²) in [4.78, 5) is 2.16. The molecule has 134 valence electrons. The minimum Gasteiger partial charge on any atom is -0.358 e. The third-order valence-electron chi connectivity index (χ3n) is 5.18. The summed E-state index contributed by atoms with van der Waals surface area (Å²) in [6.45, 7) is 9.21. The van der Waals surface area contributed by atoms with Crippen LogP contribution in [0, 0.1) is 5.92 Å². The van der Waals surface area contributed by atoms with Gasteiger partial charge in [-0.2, -0.15) is 4.40 Å². The molecule has 25 heavy (non-hydrogen) atoms. The Balaban J connectivity index is 1.67. The predicted molar refractivity (Wildman–Crippen MR) is 103 cm³/mol. The minimum absolute atomic E-state index is 0.151. The van der Waals surface area contributed by atoms with Gasteiger partial charge >= 0.3 is 0 Å². The van der Waals surface area contributed by atoms with Crippen molar-refractivity contribution in [3.8, 4) is 0 Å². The molecule has 0 saturated carbocycles. The van der Waals surface area contributed by atoms with Crippen LogP contribution >= 0.6 is 0 Å².